The molecule has 1 heterocycles. The van der Waals surface area contributed by atoms with E-state index < -0.39 is 10.0 Å². The average Bonchev–Trinajstić information content (AvgIpc) is 2.79. The van der Waals surface area contributed by atoms with Gasteiger partial charge in [0.2, 0.25) is 10.0 Å². The van der Waals surface area contributed by atoms with Crippen LogP contribution in [0, 0.1) is 0 Å². The van der Waals surface area contributed by atoms with E-state index in [4.69, 9.17) is 9.47 Å². The van der Waals surface area contributed by atoms with Crippen LogP contribution >= 0.6 is 0 Å². The van der Waals surface area contributed by atoms with Crippen molar-refractivity contribution in [2.45, 2.75) is 24.7 Å². The van der Waals surface area contributed by atoms with Gasteiger partial charge in [-0.3, -0.25) is 4.79 Å². The number of rotatable bonds is 8. The number of nitrogens with zero attached hydrogens (tertiary/aromatic N) is 2. The lowest BCUT2D eigenvalue weighted by molar-refractivity contribution is 0.0698. The number of carbonyl (C=O) groups is 1. The largest absolute Gasteiger partial charge is 0.497 e. The first-order chi connectivity index (χ1) is 14.5. The minimum absolute atomic E-state index is 0.100. The number of unbranched alkanes of at least 4 members (excludes halogenated alkanes) is 1. The van der Waals surface area contributed by atoms with Crippen LogP contribution < -0.4 is 9.47 Å². The molecule has 30 heavy (non-hydrogen) atoms. The molecule has 2 aromatic rings. The Morgan fingerprint density at radius 2 is 1.53 bits per heavy atom. The number of sulfonamides is 1. The zero-order valence-electron chi connectivity index (χ0n) is 17.4. The van der Waals surface area contributed by atoms with Crippen LogP contribution in [-0.4, -0.2) is 63.4 Å². The maximum atomic E-state index is 12.8. The first kappa shape index (κ1) is 22.1. The summed E-state index contributed by atoms with van der Waals surface area (Å²) in [6.45, 7) is 3.99. The quantitative estimate of drug-likeness (QED) is 0.600. The second-order valence-electron chi connectivity index (χ2n) is 7.10. The van der Waals surface area contributed by atoms with E-state index in [2.05, 4.69) is 6.92 Å². The molecule has 162 valence electrons. The molecule has 0 aromatic heterocycles. The van der Waals surface area contributed by atoms with Gasteiger partial charge in [0.15, 0.2) is 0 Å². The number of benzene rings is 2. The molecule has 0 saturated carbocycles. The Kier molecular flexibility index (Phi) is 7.33. The summed E-state index contributed by atoms with van der Waals surface area (Å²) in [5.74, 6) is 1.25. The molecular formula is C22H28N2O5S. The number of piperazine rings is 1. The van der Waals surface area contributed by atoms with E-state index >= 15 is 0 Å². The number of carbonyl (C=O) groups excluding carboxylic acids is 1. The highest BCUT2D eigenvalue weighted by molar-refractivity contribution is 7.89. The summed E-state index contributed by atoms with van der Waals surface area (Å²) in [6, 6.07) is 13.4. The van der Waals surface area contributed by atoms with Gasteiger partial charge in [-0.1, -0.05) is 13.3 Å². The van der Waals surface area contributed by atoms with Crippen LogP contribution in [0.1, 0.15) is 30.1 Å². The first-order valence-corrected chi connectivity index (χ1v) is 11.6. The van der Waals surface area contributed by atoms with Crippen molar-refractivity contribution in [3.05, 3.63) is 54.1 Å². The Bertz CT molecular complexity index is 934. The number of ether oxygens (including phenoxy) is 2. The van der Waals surface area contributed by atoms with Crippen LogP contribution in [0.5, 0.6) is 11.5 Å². The summed E-state index contributed by atoms with van der Waals surface area (Å²) < 4.78 is 37.8. The molecule has 0 radical (unpaired) electrons. The highest BCUT2D eigenvalue weighted by atomic mass is 32.2. The lowest BCUT2D eigenvalue weighted by Crippen LogP contribution is -2.50. The zero-order valence-corrected chi connectivity index (χ0v) is 18.2. The minimum atomic E-state index is -3.59. The van der Waals surface area contributed by atoms with E-state index in [-0.39, 0.29) is 23.9 Å². The second-order valence-corrected chi connectivity index (χ2v) is 9.04. The normalized spacial score (nSPS) is 15.1. The second kappa shape index (κ2) is 9.95. The monoisotopic (exact) mass is 432 g/mol. The fraction of sp³-hybridized carbons (Fsp3) is 0.409. The molecule has 1 aliphatic rings. The average molecular weight is 433 g/mol. The first-order valence-electron chi connectivity index (χ1n) is 10.1. The van der Waals surface area contributed by atoms with Gasteiger partial charge in [0.1, 0.15) is 11.5 Å². The number of methoxy groups -OCH3 is 1. The van der Waals surface area contributed by atoms with Crippen molar-refractivity contribution in [1.29, 1.82) is 0 Å². The highest BCUT2D eigenvalue weighted by Gasteiger charge is 2.30. The molecule has 0 spiro atoms. The molecule has 1 saturated heterocycles. The summed E-state index contributed by atoms with van der Waals surface area (Å²) >= 11 is 0. The summed E-state index contributed by atoms with van der Waals surface area (Å²) in [5.41, 5.74) is 0.573. The Hall–Kier alpha value is -2.58. The maximum absolute atomic E-state index is 12.8. The molecule has 1 fully saturated rings. The van der Waals surface area contributed by atoms with Crippen LogP contribution in [0.2, 0.25) is 0 Å². The summed E-state index contributed by atoms with van der Waals surface area (Å²) in [5, 5.41) is 0. The summed E-state index contributed by atoms with van der Waals surface area (Å²) in [6.07, 6.45) is 2.06. The maximum Gasteiger partial charge on any atom is 0.253 e. The van der Waals surface area contributed by atoms with E-state index in [9.17, 15) is 13.2 Å². The third-order valence-corrected chi connectivity index (χ3v) is 7.00. The Labute approximate surface area is 178 Å². The van der Waals surface area contributed by atoms with Gasteiger partial charge in [0.25, 0.3) is 5.91 Å². The van der Waals surface area contributed by atoms with Crippen LogP contribution in [0.3, 0.4) is 0 Å². The zero-order chi connectivity index (χ0) is 21.6. The van der Waals surface area contributed by atoms with Gasteiger partial charge in [0, 0.05) is 31.7 Å². The van der Waals surface area contributed by atoms with Crippen LogP contribution in [-0.2, 0) is 10.0 Å². The van der Waals surface area contributed by atoms with Crippen molar-refractivity contribution in [1.82, 2.24) is 9.21 Å². The lowest BCUT2D eigenvalue weighted by Gasteiger charge is -2.34. The molecule has 7 nitrogen and oxygen atoms in total. The molecule has 2 aromatic carbocycles. The van der Waals surface area contributed by atoms with Gasteiger partial charge in [0.05, 0.1) is 18.6 Å². The topological polar surface area (TPSA) is 76.2 Å². The molecule has 1 aliphatic heterocycles. The molecule has 0 N–H and O–H groups in total. The molecule has 0 unspecified atom stereocenters. The van der Waals surface area contributed by atoms with Gasteiger partial charge in [-0.15, -0.1) is 0 Å². The molecule has 8 heteroatoms. The SMILES string of the molecule is CCCCOc1ccc(C(=O)N2CCN(S(=O)(=O)c3ccc(OC)cc3)CC2)cc1. The van der Waals surface area contributed by atoms with E-state index in [0.29, 0.717) is 31.0 Å². The predicted octanol–water partition coefficient (Wildman–Crippen LogP) is 3.02. The van der Waals surface area contributed by atoms with Crippen LogP contribution in [0.15, 0.2) is 53.4 Å². The van der Waals surface area contributed by atoms with E-state index in [1.54, 1.807) is 41.3 Å². The number of amides is 1. The molecule has 3 rings (SSSR count). The standard InChI is InChI=1S/C22H28N2O5S/c1-3-4-17-29-20-7-5-18(6-8-20)22(25)23-13-15-24(16-14-23)30(26,27)21-11-9-19(28-2)10-12-21/h5-12H,3-4,13-17H2,1-2H3. The smallest absolute Gasteiger partial charge is 0.253 e. The molecule has 0 atom stereocenters. The predicted molar refractivity (Wildman–Crippen MR) is 115 cm³/mol. The Morgan fingerprint density at radius 3 is 2.10 bits per heavy atom. The van der Waals surface area contributed by atoms with Crippen LogP contribution in [0.4, 0.5) is 0 Å². The fourth-order valence-corrected chi connectivity index (χ4v) is 4.66. The fourth-order valence-electron chi connectivity index (χ4n) is 3.24. The molecule has 0 bridgehead atoms. The van der Waals surface area contributed by atoms with E-state index in [1.807, 2.05) is 0 Å². The van der Waals surface area contributed by atoms with Crippen molar-refractivity contribution in [3.8, 4) is 11.5 Å². The van der Waals surface area contributed by atoms with Crippen molar-refractivity contribution >= 4 is 15.9 Å². The highest BCUT2D eigenvalue weighted by Crippen LogP contribution is 2.21. The van der Waals surface area contributed by atoms with E-state index in [0.717, 1.165) is 18.6 Å². The number of hydrogen-bond acceptors (Lipinski definition) is 5. The third-order valence-electron chi connectivity index (χ3n) is 5.09. The van der Waals surface area contributed by atoms with Crippen molar-refractivity contribution in [2.24, 2.45) is 0 Å². The Morgan fingerprint density at radius 1 is 0.933 bits per heavy atom. The minimum Gasteiger partial charge on any atom is -0.497 e. The molecular weight excluding hydrogens is 404 g/mol. The summed E-state index contributed by atoms with van der Waals surface area (Å²) in [4.78, 5) is 14.7. The van der Waals surface area contributed by atoms with Gasteiger partial charge >= 0.3 is 0 Å². The Balaban J connectivity index is 1.58. The third kappa shape index (κ3) is 5.12. The van der Waals surface area contributed by atoms with Gasteiger partial charge in [-0.05, 0) is 55.0 Å². The van der Waals surface area contributed by atoms with Crippen molar-refractivity contribution in [2.75, 3.05) is 39.9 Å². The molecule has 1 amide bonds. The van der Waals surface area contributed by atoms with E-state index in [1.165, 1.54) is 23.5 Å². The lowest BCUT2D eigenvalue weighted by atomic mass is 10.2. The van der Waals surface area contributed by atoms with Gasteiger partial charge < -0.3 is 14.4 Å². The number of hydrogen-bond donors (Lipinski definition) is 0. The van der Waals surface area contributed by atoms with Gasteiger partial charge in [-0.25, -0.2) is 8.42 Å². The van der Waals surface area contributed by atoms with Crippen molar-refractivity contribution in [3.63, 3.8) is 0 Å². The molecule has 0 aliphatic carbocycles. The van der Waals surface area contributed by atoms with Crippen LogP contribution in [0.25, 0.3) is 0 Å². The van der Waals surface area contributed by atoms with Gasteiger partial charge in [-0.2, -0.15) is 4.31 Å². The summed E-state index contributed by atoms with van der Waals surface area (Å²) in [7, 11) is -2.06. The van der Waals surface area contributed by atoms with Crippen molar-refractivity contribution < 1.29 is 22.7 Å².